The second-order valence-corrected chi connectivity index (χ2v) is 5.14. The topological polar surface area (TPSA) is 32.3 Å². The van der Waals surface area contributed by atoms with Crippen molar-refractivity contribution in [2.45, 2.75) is 32.7 Å². The molecule has 1 amide bonds. The van der Waals surface area contributed by atoms with Crippen LogP contribution in [0.4, 0.5) is 5.69 Å². The molecule has 0 radical (unpaired) electrons. The van der Waals surface area contributed by atoms with Crippen molar-refractivity contribution in [1.82, 2.24) is 4.90 Å². The Labute approximate surface area is 113 Å². The van der Waals surface area contributed by atoms with Crippen LogP contribution in [0.5, 0.6) is 0 Å². The second-order valence-electron chi connectivity index (χ2n) is 4.73. The van der Waals surface area contributed by atoms with Crippen LogP contribution in [0.3, 0.4) is 0 Å². The van der Waals surface area contributed by atoms with Gasteiger partial charge in [-0.3, -0.25) is 4.79 Å². The Morgan fingerprint density at radius 1 is 1.50 bits per heavy atom. The number of nitrogens with zero attached hydrogens (tertiary/aromatic N) is 1. The van der Waals surface area contributed by atoms with Crippen molar-refractivity contribution in [3.63, 3.8) is 0 Å². The number of amides is 1. The highest BCUT2D eigenvalue weighted by Gasteiger charge is 2.30. The Morgan fingerprint density at radius 3 is 2.78 bits per heavy atom. The molecule has 0 spiro atoms. The van der Waals surface area contributed by atoms with E-state index in [1.165, 1.54) is 0 Å². The van der Waals surface area contributed by atoms with E-state index < -0.39 is 0 Å². The molecule has 2 rings (SSSR count). The second kappa shape index (κ2) is 5.61. The molecule has 1 aliphatic carbocycles. The Bertz CT molecular complexity index is 443. The van der Waals surface area contributed by atoms with Gasteiger partial charge in [-0.1, -0.05) is 17.7 Å². The summed E-state index contributed by atoms with van der Waals surface area (Å²) in [6.45, 7) is 5.12. The minimum absolute atomic E-state index is 0.164. The quantitative estimate of drug-likeness (QED) is 0.888. The van der Waals surface area contributed by atoms with E-state index in [-0.39, 0.29) is 5.91 Å². The Kier molecular flexibility index (Phi) is 4.12. The molecule has 1 fully saturated rings. The van der Waals surface area contributed by atoms with Gasteiger partial charge >= 0.3 is 0 Å². The van der Waals surface area contributed by atoms with E-state index in [0.717, 1.165) is 35.7 Å². The first kappa shape index (κ1) is 13.2. The number of likely N-dealkylation sites (N-methyl/N-ethyl adjacent to an activating group) is 1. The van der Waals surface area contributed by atoms with Gasteiger partial charge in [-0.15, -0.1) is 0 Å². The molecule has 0 saturated heterocycles. The predicted molar refractivity (Wildman–Crippen MR) is 75.1 cm³/mol. The van der Waals surface area contributed by atoms with Crippen LogP contribution in [0.25, 0.3) is 0 Å². The maximum absolute atomic E-state index is 12.0. The summed E-state index contributed by atoms with van der Waals surface area (Å²) >= 11 is 6.04. The van der Waals surface area contributed by atoms with E-state index in [4.69, 9.17) is 11.6 Å². The van der Waals surface area contributed by atoms with Gasteiger partial charge in [0.1, 0.15) is 0 Å². The molecule has 3 nitrogen and oxygen atoms in total. The molecular formula is C14H19ClN2O. The molecule has 0 unspecified atom stereocenters. The van der Waals surface area contributed by atoms with Gasteiger partial charge < -0.3 is 10.2 Å². The van der Waals surface area contributed by atoms with Gasteiger partial charge in [-0.2, -0.15) is 0 Å². The van der Waals surface area contributed by atoms with E-state index in [1.54, 1.807) is 0 Å². The molecule has 0 aliphatic heterocycles. The standard InChI is InChI=1S/C14H19ClN2O/c1-3-17(12-6-7-12)14(18)9-16-11-5-4-10(2)13(15)8-11/h4-5,8,12,16H,3,6-7,9H2,1-2H3. The van der Waals surface area contributed by atoms with Crippen molar-refractivity contribution in [3.8, 4) is 0 Å². The lowest BCUT2D eigenvalue weighted by Crippen LogP contribution is -2.37. The van der Waals surface area contributed by atoms with Crippen LogP contribution in [0, 0.1) is 6.92 Å². The number of aryl methyl sites for hydroxylation is 1. The van der Waals surface area contributed by atoms with Gasteiger partial charge in [0.05, 0.1) is 6.54 Å². The highest BCUT2D eigenvalue weighted by molar-refractivity contribution is 6.31. The average molecular weight is 267 g/mol. The lowest BCUT2D eigenvalue weighted by Gasteiger charge is -2.20. The first-order valence-electron chi connectivity index (χ1n) is 6.41. The molecule has 1 aromatic carbocycles. The zero-order valence-electron chi connectivity index (χ0n) is 10.9. The number of halogens is 1. The third kappa shape index (κ3) is 3.16. The zero-order chi connectivity index (χ0) is 13.1. The van der Waals surface area contributed by atoms with Crippen molar-refractivity contribution < 1.29 is 4.79 Å². The summed E-state index contributed by atoms with van der Waals surface area (Å²) in [5.74, 6) is 0.164. The summed E-state index contributed by atoms with van der Waals surface area (Å²) < 4.78 is 0. The summed E-state index contributed by atoms with van der Waals surface area (Å²) in [5.41, 5.74) is 1.94. The molecule has 0 heterocycles. The normalized spacial score (nSPS) is 14.4. The summed E-state index contributed by atoms with van der Waals surface area (Å²) in [7, 11) is 0. The van der Waals surface area contributed by atoms with Gasteiger partial charge in [0.15, 0.2) is 0 Å². The van der Waals surface area contributed by atoms with Crippen LogP contribution in [0.2, 0.25) is 5.02 Å². The molecule has 0 aromatic heterocycles. The van der Waals surface area contributed by atoms with E-state index in [9.17, 15) is 4.79 Å². The molecule has 4 heteroatoms. The molecule has 1 N–H and O–H groups in total. The summed E-state index contributed by atoms with van der Waals surface area (Å²) in [6.07, 6.45) is 2.30. The fourth-order valence-electron chi connectivity index (χ4n) is 2.01. The largest absolute Gasteiger partial charge is 0.376 e. The number of anilines is 1. The maximum atomic E-state index is 12.0. The third-order valence-electron chi connectivity index (χ3n) is 3.26. The fraction of sp³-hybridized carbons (Fsp3) is 0.500. The lowest BCUT2D eigenvalue weighted by atomic mass is 10.2. The summed E-state index contributed by atoms with van der Waals surface area (Å²) in [6, 6.07) is 6.23. The van der Waals surface area contributed by atoms with Crippen LogP contribution in [-0.2, 0) is 4.79 Å². The van der Waals surface area contributed by atoms with Gasteiger partial charge in [-0.25, -0.2) is 0 Å². The molecule has 0 atom stereocenters. The molecular weight excluding hydrogens is 248 g/mol. The van der Waals surface area contributed by atoms with E-state index in [2.05, 4.69) is 5.32 Å². The molecule has 1 aromatic rings. The van der Waals surface area contributed by atoms with Gasteiger partial charge in [-0.05, 0) is 44.4 Å². The molecule has 0 bridgehead atoms. The van der Waals surface area contributed by atoms with E-state index in [0.29, 0.717) is 12.6 Å². The van der Waals surface area contributed by atoms with Crippen molar-refractivity contribution >= 4 is 23.2 Å². The molecule has 1 saturated carbocycles. The maximum Gasteiger partial charge on any atom is 0.242 e. The lowest BCUT2D eigenvalue weighted by molar-refractivity contribution is -0.129. The number of nitrogens with one attached hydrogen (secondary N) is 1. The summed E-state index contributed by atoms with van der Waals surface area (Å²) in [5, 5.41) is 3.86. The molecule has 18 heavy (non-hydrogen) atoms. The van der Waals surface area contributed by atoms with Gasteiger partial charge in [0, 0.05) is 23.3 Å². The van der Waals surface area contributed by atoms with Gasteiger partial charge in [0.25, 0.3) is 0 Å². The van der Waals surface area contributed by atoms with Crippen LogP contribution < -0.4 is 5.32 Å². The third-order valence-corrected chi connectivity index (χ3v) is 3.67. The van der Waals surface area contributed by atoms with E-state index in [1.807, 2.05) is 36.9 Å². The first-order chi connectivity index (χ1) is 8.61. The highest BCUT2D eigenvalue weighted by atomic mass is 35.5. The summed E-state index contributed by atoms with van der Waals surface area (Å²) in [4.78, 5) is 14.0. The number of carbonyl (C=O) groups excluding carboxylic acids is 1. The Morgan fingerprint density at radius 2 is 2.22 bits per heavy atom. The van der Waals surface area contributed by atoms with Crippen LogP contribution in [-0.4, -0.2) is 29.9 Å². The van der Waals surface area contributed by atoms with Crippen LogP contribution in [0.15, 0.2) is 18.2 Å². The highest BCUT2D eigenvalue weighted by Crippen LogP contribution is 2.26. The Hall–Kier alpha value is -1.22. The van der Waals surface area contributed by atoms with E-state index >= 15 is 0 Å². The number of hydrogen-bond donors (Lipinski definition) is 1. The minimum atomic E-state index is 0.164. The molecule has 1 aliphatic rings. The van der Waals surface area contributed by atoms with Crippen LogP contribution >= 0.6 is 11.6 Å². The van der Waals surface area contributed by atoms with Crippen molar-refractivity contribution in [2.24, 2.45) is 0 Å². The predicted octanol–water partition coefficient (Wildman–Crippen LogP) is 3.07. The zero-order valence-corrected chi connectivity index (χ0v) is 11.6. The smallest absolute Gasteiger partial charge is 0.242 e. The number of benzene rings is 1. The number of hydrogen-bond acceptors (Lipinski definition) is 2. The fourth-order valence-corrected chi connectivity index (χ4v) is 2.19. The van der Waals surface area contributed by atoms with Crippen LogP contribution in [0.1, 0.15) is 25.3 Å². The SMILES string of the molecule is CCN(C(=O)CNc1ccc(C)c(Cl)c1)C1CC1. The number of rotatable bonds is 5. The van der Waals surface area contributed by atoms with Crippen molar-refractivity contribution in [3.05, 3.63) is 28.8 Å². The van der Waals surface area contributed by atoms with Crippen molar-refractivity contribution in [1.29, 1.82) is 0 Å². The molecule has 98 valence electrons. The van der Waals surface area contributed by atoms with Crippen molar-refractivity contribution in [2.75, 3.05) is 18.4 Å². The minimum Gasteiger partial charge on any atom is -0.376 e. The first-order valence-corrected chi connectivity index (χ1v) is 6.79. The van der Waals surface area contributed by atoms with Gasteiger partial charge in [0.2, 0.25) is 5.91 Å². The monoisotopic (exact) mass is 266 g/mol. The number of carbonyl (C=O) groups is 1. The Balaban J connectivity index is 1.90. The average Bonchev–Trinajstić information content (AvgIpc) is 3.16.